The Morgan fingerprint density at radius 1 is 1.33 bits per heavy atom. The molecule has 4 heterocycles. The molecule has 0 aliphatic carbocycles. The van der Waals surface area contributed by atoms with Crippen LogP contribution in [0.15, 0.2) is 18.3 Å². The van der Waals surface area contributed by atoms with E-state index in [0.29, 0.717) is 18.4 Å². The smallest absolute Gasteiger partial charge is 0.347 e. The van der Waals surface area contributed by atoms with E-state index in [1.54, 1.807) is 7.11 Å². The summed E-state index contributed by atoms with van der Waals surface area (Å²) in [5, 5.41) is 9.66. The van der Waals surface area contributed by atoms with Crippen molar-refractivity contribution in [2.24, 2.45) is 0 Å². The number of aliphatic hydroxyl groups is 1. The largest absolute Gasteiger partial charge is 0.480 e. The Morgan fingerprint density at radius 2 is 2.11 bits per heavy atom. The Morgan fingerprint density at radius 3 is 2.78 bits per heavy atom. The molecule has 3 aromatic rings. The summed E-state index contributed by atoms with van der Waals surface area (Å²) < 4.78 is 9.44. The molecule has 0 saturated heterocycles. The number of rotatable bonds is 4. The van der Waals surface area contributed by atoms with Gasteiger partial charge in [-0.25, -0.2) is 14.5 Å². The monoisotopic (exact) mass is 369 g/mol. The molecule has 1 aliphatic heterocycles. The molecule has 0 spiro atoms. The first kappa shape index (κ1) is 17.7. The highest BCUT2D eigenvalue weighted by Crippen LogP contribution is 2.32. The van der Waals surface area contributed by atoms with E-state index in [-0.39, 0.29) is 12.6 Å². The summed E-state index contributed by atoms with van der Waals surface area (Å²) in [6.07, 6.45) is 2.03. The molecule has 0 fully saturated rings. The van der Waals surface area contributed by atoms with Crippen molar-refractivity contribution in [1.82, 2.24) is 14.5 Å². The first-order valence-electron chi connectivity index (χ1n) is 9.19. The minimum atomic E-state index is -0.102. The van der Waals surface area contributed by atoms with Crippen molar-refractivity contribution in [3.8, 4) is 17.1 Å². The molecular formula is C20H25N4O3+. The van der Waals surface area contributed by atoms with Gasteiger partial charge in [-0.3, -0.25) is 0 Å². The van der Waals surface area contributed by atoms with E-state index in [1.165, 1.54) is 0 Å². The van der Waals surface area contributed by atoms with E-state index < -0.39 is 0 Å². The summed E-state index contributed by atoms with van der Waals surface area (Å²) in [5.41, 5.74) is 6.22. The van der Waals surface area contributed by atoms with Crippen LogP contribution in [0, 0.1) is 13.8 Å². The molecule has 142 valence electrons. The predicted molar refractivity (Wildman–Crippen MR) is 101 cm³/mol. The summed E-state index contributed by atoms with van der Waals surface area (Å²) in [7, 11) is 1.63. The lowest BCUT2D eigenvalue weighted by Crippen LogP contribution is -2.53. The molecule has 0 aromatic carbocycles. The topological polar surface area (TPSA) is 73.3 Å². The zero-order valence-electron chi connectivity index (χ0n) is 16.4. The Bertz CT molecular complexity index is 1030. The average Bonchev–Trinajstić information content (AvgIpc) is 3.00. The highest BCUT2D eigenvalue weighted by atomic mass is 16.7. The number of hydrogen-bond donors (Lipinski definition) is 1. The maximum atomic E-state index is 9.66. The first-order chi connectivity index (χ1) is 13.0. The first-order valence-corrected chi connectivity index (χ1v) is 9.19. The molecule has 4 rings (SSSR count). The maximum absolute atomic E-state index is 9.66. The van der Waals surface area contributed by atoms with Crippen LogP contribution in [-0.2, 0) is 0 Å². The molecule has 3 aromatic heterocycles. The number of aryl methyl sites for hydroxylation is 1. The third kappa shape index (κ3) is 2.65. The minimum absolute atomic E-state index is 0.0262. The molecule has 7 heteroatoms. The van der Waals surface area contributed by atoms with Gasteiger partial charge in [-0.2, -0.15) is 0 Å². The van der Waals surface area contributed by atoms with Crippen LogP contribution in [0.2, 0.25) is 0 Å². The van der Waals surface area contributed by atoms with Crippen molar-refractivity contribution in [1.29, 1.82) is 0 Å². The molecule has 1 atom stereocenters. The minimum Gasteiger partial charge on any atom is -0.480 e. The van der Waals surface area contributed by atoms with E-state index in [2.05, 4.69) is 23.4 Å². The second-order valence-electron chi connectivity index (χ2n) is 7.31. The van der Waals surface area contributed by atoms with Crippen molar-refractivity contribution in [3.63, 3.8) is 0 Å². The van der Waals surface area contributed by atoms with Crippen molar-refractivity contribution in [2.75, 3.05) is 20.3 Å². The molecule has 27 heavy (non-hydrogen) atoms. The summed E-state index contributed by atoms with van der Waals surface area (Å²) in [6.45, 7) is 8.64. The van der Waals surface area contributed by atoms with Gasteiger partial charge in [-0.05, 0) is 29.7 Å². The van der Waals surface area contributed by atoms with Crippen LogP contribution in [0.4, 0.5) is 0 Å². The van der Waals surface area contributed by atoms with Gasteiger partial charge >= 0.3 is 5.65 Å². The van der Waals surface area contributed by atoms with Crippen molar-refractivity contribution < 1.29 is 19.4 Å². The normalized spacial score (nSPS) is 16.0. The molecule has 0 saturated carbocycles. The molecule has 0 bridgehead atoms. The highest BCUT2D eigenvalue weighted by molar-refractivity contribution is 5.78. The zero-order valence-corrected chi connectivity index (χ0v) is 16.4. The Kier molecular flexibility index (Phi) is 4.26. The molecule has 1 N–H and O–H groups in total. The van der Waals surface area contributed by atoms with E-state index in [9.17, 15) is 5.11 Å². The van der Waals surface area contributed by atoms with Crippen molar-refractivity contribution in [2.45, 2.75) is 39.7 Å². The standard InChI is InChI=1S/C20H25N4O3/c1-11(2)16-7-6-15(19(21-16)26-5)18-13(4)24-20-17(22-18)12(3)8-23(20)14(9-25)10-27-24/h6-8,11,14,25H,9-10H2,1-5H3/q+1/t14-/m1/s1. The number of hydrogen-bond acceptors (Lipinski definition) is 5. The fraction of sp³-hybridized carbons (Fsp3) is 0.450. The molecule has 7 nitrogen and oxygen atoms in total. The van der Waals surface area contributed by atoms with Crippen molar-refractivity contribution in [3.05, 3.63) is 35.3 Å². The Labute approximate surface area is 158 Å². The van der Waals surface area contributed by atoms with Crippen LogP contribution in [0.25, 0.3) is 22.4 Å². The third-order valence-corrected chi connectivity index (χ3v) is 5.15. The predicted octanol–water partition coefficient (Wildman–Crippen LogP) is 2.11. The quantitative estimate of drug-likeness (QED) is 0.713. The van der Waals surface area contributed by atoms with E-state index in [4.69, 9.17) is 14.6 Å². The second kappa shape index (κ2) is 6.49. The SMILES string of the molecule is COc1nc(C(C)C)ccc1-c1nc2c(C)cn3c2[n+](c1C)OC[C@H]3CO. The lowest BCUT2D eigenvalue weighted by atomic mass is 10.1. The van der Waals surface area contributed by atoms with E-state index >= 15 is 0 Å². The highest BCUT2D eigenvalue weighted by Gasteiger charge is 2.34. The van der Waals surface area contributed by atoms with Crippen LogP contribution < -0.4 is 14.3 Å². The van der Waals surface area contributed by atoms with Crippen LogP contribution in [0.3, 0.4) is 0 Å². The number of nitrogens with zero attached hydrogens (tertiary/aromatic N) is 4. The van der Waals surface area contributed by atoms with Gasteiger partial charge in [-0.15, -0.1) is 0 Å². The molecular weight excluding hydrogens is 344 g/mol. The lowest BCUT2D eigenvalue weighted by Gasteiger charge is -2.20. The van der Waals surface area contributed by atoms with Crippen LogP contribution in [-0.4, -0.2) is 40.0 Å². The fourth-order valence-electron chi connectivity index (χ4n) is 3.60. The number of aliphatic hydroxyl groups excluding tert-OH is 1. The number of methoxy groups -OCH3 is 1. The summed E-state index contributed by atoms with van der Waals surface area (Å²) >= 11 is 0. The van der Waals surface area contributed by atoms with Gasteiger partial charge < -0.3 is 14.7 Å². The van der Waals surface area contributed by atoms with Gasteiger partial charge in [-0.1, -0.05) is 13.8 Å². The Balaban J connectivity index is 1.97. The molecule has 1 aliphatic rings. The number of aromatic nitrogens is 4. The van der Waals surface area contributed by atoms with E-state index in [0.717, 1.165) is 39.4 Å². The average molecular weight is 369 g/mol. The third-order valence-electron chi connectivity index (χ3n) is 5.15. The van der Waals surface area contributed by atoms with Crippen LogP contribution >= 0.6 is 0 Å². The van der Waals surface area contributed by atoms with Crippen LogP contribution in [0.1, 0.15) is 42.8 Å². The van der Waals surface area contributed by atoms with Gasteiger partial charge in [0.25, 0.3) is 0 Å². The number of ether oxygens (including phenoxy) is 1. The van der Waals surface area contributed by atoms with Crippen molar-refractivity contribution >= 4 is 11.2 Å². The van der Waals surface area contributed by atoms with E-state index in [1.807, 2.05) is 36.9 Å². The van der Waals surface area contributed by atoms with Gasteiger partial charge in [0.05, 0.1) is 25.5 Å². The molecule has 0 radical (unpaired) electrons. The molecule has 0 unspecified atom stereocenters. The van der Waals surface area contributed by atoms with Gasteiger partial charge in [0.1, 0.15) is 5.69 Å². The lowest BCUT2D eigenvalue weighted by molar-refractivity contribution is -0.881. The summed E-state index contributed by atoms with van der Waals surface area (Å²) in [6, 6.07) is 3.93. The van der Waals surface area contributed by atoms with Gasteiger partial charge in [0.2, 0.25) is 5.88 Å². The number of pyridine rings is 1. The second-order valence-corrected chi connectivity index (χ2v) is 7.31. The fourth-order valence-corrected chi connectivity index (χ4v) is 3.60. The zero-order chi connectivity index (χ0) is 19.3. The van der Waals surface area contributed by atoms with Gasteiger partial charge in [0.15, 0.2) is 23.9 Å². The molecule has 0 amide bonds. The van der Waals surface area contributed by atoms with Gasteiger partial charge in [0, 0.05) is 18.2 Å². The van der Waals surface area contributed by atoms with Crippen LogP contribution in [0.5, 0.6) is 5.88 Å². The Hall–Kier alpha value is -2.67. The summed E-state index contributed by atoms with van der Waals surface area (Å²) in [4.78, 5) is 15.6. The maximum Gasteiger partial charge on any atom is 0.347 e. The summed E-state index contributed by atoms with van der Waals surface area (Å²) in [5.74, 6) is 0.875.